The van der Waals surface area contributed by atoms with Crippen LogP contribution in [0.5, 0.6) is 0 Å². The first kappa shape index (κ1) is 16.0. The Hall–Kier alpha value is -2.37. The van der Waals surface area contributed by atoms with Gasteiger partial charge in [-0.25, -0.2) is 0 Å². The number of nitrogens with one attached hydrogen (secondary N) is 1. The Morgan fingerprint density at radius 3 is 2.14 bits per heavy atom. The van der Waals surface area contributed by atoms with Gasteiger partial charge in [0.2, 0.25) is 5.91 Å². The molecule has 118 valence electrons. The molecular weight excluding hydrogens is 286 g/mol. The fourth-order valence-corrected chi connectivity index (χ4v) is 2.86. The van der Waals surface area contributed by atoms with E-state index in [1.807, 2.05) is 0 Å². The van der Waals surface area contributed by atoms with E-state index in [1.54, 1.807) is 24.3 Å². The minimum Gasteiger partial charge on any atom is -0.481 e. The van der Waals surface area contributed by atoms with Crippen molar-refractivity contribution in [3.05, 3.63) is 29.8 Å². The standard InChI is InChI=1S/C16H19NO5/c18-14(19)9-10-5-7-11(8-6-10)17-15(20)12-3-1-2-4-13(12)16(21)22/h5-8,12-13H,1-4,9H2,(H,17,20)(H,18,19)(H,21,22)/t12-,13-/m0/s1. The zero-order valence-corrected chi connectivity index (χ0v) is 12.1. The maximum absolute atomic E-state index is 12.3. The number of aliphatic carboxylic acids is 2. The number of carboxylic acid groups (broad SMARTS) is 2. The van der Waals surface area contributed by atoms with Crippen LogP contribution in [0.25, 0.3) is 0 Å². The van der Waals surface area contributed by atoms with Crippen molar-refractivity contribution < 1.29 is 24.6 Å². The Morgan fingerprint density at radius 1 is 1.00 bits per heavy atom. The number of amides is 1. The maximum atomic E-state index is 12.3. The van der Waals surface area contributed by atoms with Crippen molar-refractivity contribution in [2.24, 2.45) is 11.8 Å². The normalized spacial score (nSPS) is 21.1. The van der Waals surface area contributed by atoms with Crippen LogP contribution in [-0.4, -0.2) is 28.1 Å². The first-order chi connectivity index (χ1) is 10.5. The Kier molecular flexibility index (Phi) is 5.14. The third kappa shape index (κ3) is 4.07. The lowest BCUT2D eigenvalue weighted by Gasteiger charge is -2.27. The molecule has 1 amide bonds. The third-order valence-electron chi connectivity index (χ3n) is 4.00. The Labute approximate surface area is 128 Å². The van der Waals surface area contributed by atoms with Gasteiger partial charge in [-0.05, 0) is 30.5 Å². The van der Waals surface area contributed by atoms with E-state index >= 15 is 0 Å². The predicted molar refractivity (Wildman–Crippen MR) is 79.5 cm³/mol. The molecule has 1 aliphatic rings. The molecule has 1 aromatic carbocycles. The average molecular weight is 305 g/mol. The van der Waals surface area contributed by atoms with Gasteiger partial charge in [0.15, 0.2) is 0 Å². The number of rotatable bonds is 5. The van der Waals surface area contributed by atoms with Gasteiger partial charge < -0.3 is 15.5 Å². The highest BCUT2D eigenvalue weighted by Gasteiger charge is 2.35. The second-order valence-electron chi connectivity index (χ2n) is 5.59. The second kappa shape index (κ2) is 7.06. The summed E-state index contributed by atoms with van der Waals surface area (Å²) < 4.78 is 0. The molecule has 1 aliphatic carbocycles. The van der Waals surface area contributed by atoms with Gasteiger partial charge in [0.1, 0.15) is 0 Å². The number of hydrogen-bond donors (Lipinski definition) is 3. The highest BCUT2D eigenvalue weighted by molar-refractivity contribution is 5.95. The monoisotopic (exact) mass is 305 g/mol. The van der Waals surface area contributed by atoms with Gasteiger partial charge in [-0.2, -0.15) is 0 Å². The van der Waals surface area contributed by atoms with E-state index in [0.29, 0.717) is 24.1 Å². The first-order valence-electron chi connectivity index (χ1n) is 7.32. The van der Waals surface area contributed by atoms with Gasteiger partial charge in [0.25, 0.3) is 0 Å². The number of anilines is 1. The molecule has 1 saturated carbocycles. The molecule has 0 heterocycles. The van der Waals surface area contributed by atoms with Crippen LogP contribution in [0.3, 0.4) is 0 Å². The smallest absolute Gasteiger partial charge is 0.307 e. The van der Waals surface area contributed by atoms with E-state index in [2.05, 4.69) is 5.32 Å². The lowest BCUT2D eigenvalue weighted by Crippen LogP contribution is -2.36. The second-order valence-corrected chi connectivity index (χ2v) is 5.59. The molecule has 6 nitrogen and oxygen atoms in total. The van der Waals surface area contributed by atoms with Crippen molar-refractivity contribution in [1.82, 2.24) is 0 Å². The maximum Gasteiger partial charge on any atom is 0.307 e. The first-order valence-corrected chi connectivity index (χ1v) is 7.32. The van der Waals surface area contributed by atoms with Gasteiger partial charge in [-0.1, -0.05) is 25.0 Å². The number of carboxylic acids is 2. The topological polar surface area (TPSA) is 104 Å². The SMILES string of the molecule is O=C(O)Cc1ccc(NC(=O)[C@H]2CCCC[C@@H]2C(=O)O)cc1. The molecule has 6 heteroatoms. The lowest BCUT2D eigenvalue weighted by atomic mass is 9.78. The van der Waals surface area contributed by atoms with E-state index < -0.39 is 23.8 Å². The highest BCUT2D eigenvalue weighted by Crippen LogP contribution is 2.31. The van der Waals surface area contributed by atoms with Gasteiger partial charge in [-0.3, -0.25) is 14.4 Å². The minimum absolute atomic E-state index is 0.0715. The predicted octanol–water partition coefficient (Wildman–Crippen LogP) is 2.14. The largest absolute Gasteiger partial charge is 0.481 e. The Bertz CT molecular complexity index is 566. The van der Waals surface area contributed by atoms with Crippen molar-refractivity contribution in [3.63, 3.8) is 0 Å². The molecule has 0 saturated heterocycles. The van der Waals surface area contributed by atoms with Crippen molar-refractivity contribution in [1.29, 1.82) is 0 Å². The van der Waals surface area contributed by atoms with Crippen molar-refractivity contribution in [2.45, 2.75) is 32.1 Å². The van der Waals surface area contributed by atoms with E-state index in [1.165, 1.54) is 0 Å². The van der Waals surface area contributed by atoms with Crippen LogP contribution in [0.1, 0.15) is 31.2 Å². The van der Waals surface area contributed by atoms with Gasteiger partial charge in [-0.15, -0.1) is 0 Å². The average Bonchev–Trinajstić information content (AvgIpc) is 2.48. The molecule has 0 aliphatic heterocycles. The lowest BCUT2D eigenvalue weighted by molar-refractivity contribution is -0.147. The van der Waals surface area contributed by atoms with E-state index in [-0.39, 0.29) is 12.3 Å². The van der Waals surface area contributed by atoms with Crippen LogP contribution in [0.2, 0.25) is 0 Å². The number of hydrogen-bond acceptors (Lipinski definition) is 3. The van der Waals surface area contributed by atoms with Gasteiger partial charge in [0.05, 0.1) is 18.3 Å². The molecule has 0 aromatic heterocycles. The fraction of sp³-hybridized carbons (Fsp3) is 0.438. The molecule has 0 spiro atoms. The molecule has 0 bridgehead atoms. The summed E-state index contributed by atoms with van der Waals surface area (Å²) in [6, 6.07) is 6.54. The number of benzene rings is 1. The van der Waals surface area contributed by atoms with Crippen LogP contribution >= 0.6 is 0 Å². The van der Waals surface area contributed by atoms with Gasteiger partial charge >= 0.3 is 11.9 Å². The quantitative estimate of drug-likeness (QED) is 0.773. The summed E-state index contributed by atoms with van der Waals surface area (Å²) in [4.78, 5) is 34.1. The van der Waals surface area contributed by atoms with E-state index in [9.17, 15) is 19.5 Å². The molecule has 0 radical (unpaired) electrons. The van der Waals surface area contributed by atoms with Crippen LogP contribution in [0.4, 0.5) is 5.69 Å². The Balaban J connectivity index is 2.01. The number of carbonyl (C=O) groups excluding carboxylic acids is 1. The van der Waals surface area contributed by atoms with E-state index in [4.69, 9.17) is 5.11 Å². The number of carbonyl (C=O) groups is 3. The molecule has 0 unspecified atom stereocenters. The van der Waals surface area contributed by atoms with Crippen molar-refractivity contribution in [2.75, 3.05) is 5.32 Å². The highest BCUT2D eigenvalue weighted by atomic mass is 16.4. The third-order valence-corrected chi connectivity index (χ3v) is 4.00. The summed E-state index contributed by atoms with van der Waals surface area (Å²) in [5.74, 6) is -3.25. The van der Waals surface area contributed by atoms with Crippen molar-refractivity contribution in [3.8, 4) is 0 Å². The molecule has 2 atom stereocenters. The fourth-order valence-electron chi connectivity index (χ4n) is 2.86. The molecule has 2 rings (SSSR count). The minimum atomic E-state index is -0.920. The van der Waals surface area contributed by atoms with E-state index in [0.717, 1.165) is 12.8 Å². The summed E-state index contributed by atoms with van der Waals surface area (Å²) in [7, 11) is 0. The molecule has 1 fully saturated rings. The zero-order chi connectivity index (χ0) is 16.1. The summed E-state index contributed by atoms with van der Waals surface area (Å²) in [5, 5.41) is 20.6. The van der Waals surface area contributed by atoms with Crippen molar-refractivity contribution >= 4 is 23.5 Å². The van der Waals surface area contributed by atoms with Crippen LogP contribution in [0, 0.1) is 11.8 Å². The molecule has 3 N–H and O–H groups in total. The van der Waals surface area contributed by atoms with Crippen LogP contribution < -0.4 is 5.32 Å². The molecule has 22 heavy (non-hydrogen) atoms. The van der Waals surface area contributed by atoms with Crippen LogP contribution in [-0.2, 0) is 20.8 Å². The summed E-state index contributed by atoms with van der Waals surface area (Å²) >= 11 is 0. The summed E-state index contributed by atoms with van der Waals surface area (Å²) in [6.07, 6.45) is 2.74. The van der Waals surface area contributed by atoms with Crippen LogP contribution in [0.15, 0.2) is 24.3 Å². The summed E-state index contributed by atoms with van der Waals surface area (Å²) in [6.45, 7) is 0. The zero-order valence-electron chi connectivity index (χ0n) is 12.1. The molecular formula is C16H19NO5. The molecule has 1 aromatic rings. The van der Waals surface area contributed by atoms with Gasteiger partial charge in [0, 0.05) is 5.69 Å². The summed E-state index contributed by atoms with van der Waals surface area (Å²) in [5.41, 5.74) is 1.19. The Morgan fingerprint density at radius 2 is 1.59 bits per heavy atom.